The van der Waals surface area contributed by atoms with Crippen molar-refractivity contribution in [3.63, 3.8) is 0 Å². The zero-order valence-corrected chi connectivity index (χ0v) is 11.1. The Morgan fingerprint density at radius 2 is 2.11 bits per heavy atom. The highest BCUT2D eigenvalue weighted by Crippen LogP contribution is 2.11. The molecular weight excluding hydrogens is 228 g/mol. The molecule has 0 aliphatic heterocycles. The zero-order chi connectivity index (χ0) is 13.6. The fourth-order valence-corrected chi connectivity index (χ4v) is 1.61. The standard InChI is InChI=1S/C14H22N2O2/c1-3-14(2,18)10-16-13(17)12-7-5-4-6-11(12)8-9-15/h4-7,18H,3,8-10,15H2,1-2H3,(H,16,17). The first kappa shape index (κ1) is 14.7. The Bertz CT molecular complexity index is 403. The topological polar surface area (TPSA) is 75.3 Å². The SMILES string of the molecule is CCC(C)(O)CNC(=O)c1ccccc1CCN. The Labute approximate surface area is 108 Å². The van der Waals surface area contributed by atoms with Gasteiger partial charge in [-0.25, -0.2) is 0 Å². The minimum Gasteiger partial charge on any atom is -0.388 e. The monoisotopic (exact) mass is 250 g/mol. The lowest BCUT2D eigenvalue weighted by atomic mass is 10.0. The van der Waals surface area contributed by atoms with Crippen molar-refractivity contribution in [3.8, 4) is 0 Å². The Kier molecular flexibility index (Phi) is 5.31. The number of hydrogen-bond acceptors (Lipinski definition) is 3. The van der Waals surface area contributed by atoms with Crippen molar-refractivity contribution < 1.29 is 9.90 Å². The summed E-state index contributed by atoms with van der Waals surface area (Å²) in [7, 11) is 0. The molecule has 1 unspecified atom stereocenters. The molecule has 4 nitrogen and oxygen atoms in total. The van der Waals surface area contributed by atoms with Gasteiger partial charge in [0.25, 0.3) is 5.91 Å². The Morgan fingerprint density at radius 3 is 2.72 bits per heavy atom. The van der Waals surface area contributed by atoms with Crippen LogP contribution >= 0.6 is 0 Å². The molecule has 0 bridgehead atoms. The summed E-state index contributed by atoms with van der Waals surface area (Å²) in [6.07, 6.45) is 1.27. The van der Waals surface area contributed by atoms with E-state index >= 15 is 0 Å². The number of nitrogens with one attached hydrogen (secondary N) is 1. The van der Waals surface area contributed by atoms with Crippen molar-refractivity contribution in [3.05, 3.63) is 35.4 Å². The number of amides is 1. The molecule has 100 valence electrons. The fraction of sp³-hybridized carbons (Fsp3) is 0.500. The quantitative estimate of drug-likeness (QED) is 0.707. The molecule has 0 aliphatic rings. The van der Waals surface area contributed by atoms with E-state index in [9.17, 15) is 9.90 Å². The lowest BCUT2D eigenvalue weighted by molar-refractivity contribution is 0.0518. The molecule has 1 amide bonds. The normalized spacial score (nSPS) is 14.0. The average Bonchev–Trinajstić information content (AvgIpc) is 2.37. The van der Waals surface area contributed by atoms with Crippen LogP contribution in [-0.4, -0.2) is 29.7 Å². The molecule has 0 heterocycles. The van der Waals surface area contributed by atoms with E-state index in [2.05, 4.69) is 5.32 Å². The summed E-state index contributed by atoms with van der Waals surface area (Å²) in [6, 6.07) is 7.40. The second-order valence-electron chi connectivity index (χ2n) is 4.73. The number of carbonyl (C=O) groups is 1. The zero-order valence-electron chi connectivity index (χ0n) is 11.1. The third-order valence-electron chi connectivity index (χ3n) is 3.07. The third-order valence-corrected chi connectivity index (χ3v) is 3.07. The predicted octanol–water partition coefficient (Wildman–Crippen LogP) is 1.08. The largest absolute Gasteiger partial charge is 0.388 e. The van der Waals surface area contributed by atoms with Crippen LogP contribution in [0, 0.1) is 0 Å². The van der Waals surface area contributed by atoms with E-state index in [1.165, 1.54) is 0 Å². The molecule has 0 aliphatic carbocycles. The van der Waals surface area contributed by atoms with Crippen LogP contribution < -0.4 is 11.1 Å². The second kappa shape index (κ2) is 6.52. The number of hydrogen-bond donors (Lipinski definition) is 3. The number of benzene rings is 1. The molecule has 4 heteroatoms. The second-order valence-corrected chi connectivity index (χ2v) is 4.73. The molecule has 18 heavy (non-hydrogen) atoms. The first-order valence-electron chi connectivity index (χ1n) is 6.28. The van der Waals surface area contributed by atoms with Crippen LogP contribution in [0.5, 0.6) is 0 Å². The Morgan fingerprint density at radius 1 is 1.44 bits per heavy atom. The maximum atomic E-state index is 12.0. The lowest BCUT2D eigenvalue weighted by Gasteiger charge is -2.21. The van der Waals surface area contributed by atoms with Gasteiger partial charge < -0.3 is 16.2 Å². The van der Waals surface area contributed by atoms with Crippen LogP contribution in [0.25, 0.3) is 0 Å². The van der Waals surface area contributed by atoms with Gasteiger partial charge in [-0.05, 0) is 37.9 Å². The van der Waals surface area contributed by atoms with Crippen molar-refractivity contribution in [2.75, 3.05) is 13.1 Å². The van der Waals surface area contributed by atoms with E-state index in [-0.39, 0.29) is 12.5 Å². The maximum absolute atomic E-state index is 12.0. The van der Waals surface area contributed by atoms with Crippen molar-refractivity contribution in [1.29, 1.82) is 0 Å². The van der Waals surface area contributed by atoms with Crippen LogP contribution in [0.4, 0.5) is 0 Å². The van der Waals surface area contributed by atoms with Crippen molar-refractivity contribution in [2.24, 2.45) is 5.73 Å². The molecule has 0 saturated carbocycles. The van der Waals surface area contributed by atoms with E-state index in [0.717, 1.165) is 5.56 Å². The van der Waals surface area contributed by atoms with Crippen molar-refractivity contribution in [2.45, 2.75) is 32.3 Å². The minimum atomic E-state index is -0.863. The summed E-state index contributed by atoms with van der Waals surface area (Å²) in [5, 5.41) is 12.6. The van der Waals surface area contributed by atoms with E-state index in [4.69, 9.17) is 5.73 Å². The highest BCUT2D eigenvalue weighted by molar-refractivity contribution is 5.95. The highest BCUT2D eigenvalue weighted by Gasteiger charge is 2.19. The summed E-state index contributed by atoms with van der Waals surface area (Å²) in [4.78, 5) is 12.0. The summed E-state index contributed by atoms with van der Waals surface area (Å²) in [5.41, 5.74) is 6.23. The lowest BCUT2D eigenvalue weighted by Crippen LogP contribution is -2.40. The molecule has 0 radical (unpaired) electrons. The van der Waals surface area contributed by atoms with Gasteiger partial charge in [0.1, 0.15) is 0 Å². The summed E-state index contributed by atoms with van der Waals surface area (Å²) >= 11 is 0. The van der Waals surface area contributed by atoms with Gasteiger partial charge in [0, 0.05) is 12.1 Å². The van der Waals surface area contributed by atoms with Gasteiger partial charge in [-0.3, -0.25) is 4.79 Å². The summed E-state index contributed by atoms with van der Waals surface area (Å²) in [5.74, 6) is -0.159. The van der Waals surface area contributed by atoms with Crippen molar-refractivity contribution >= 4 is 5.91 Å². The number of rotatable bonds is 6. The number of nitrogens with two attached hydrogens (primary N) is 1. The van der Waals surface area contributed by atoms with Crippen LogP contribution in [0.1, 0.15) is 36.2 Å². The van der Waals surface area contributed by atoms with Crippen molar-refractivity contribution in [1.82, 2.24) is 5.32 Å². The van der Waals surface area contributed by atoms with Crippen LogP contribution in [0.3, 0.4) is 0 Å². The third kappa shape index (κ3) is 4.13. The highest BCUT2D eigenvalue weighted by atomic mass is 16.3. The molecule has 1 atom stereocenters. The van der Waals surface area contributed by atoms with Gasteiger partial charge >= 0.3 is 0 Å². The molecule has 0 fully saturated rings. The minimum absolute atomic E-state index is 0.159. The molecule has 1 aromatic carbocycles. The van der Waals surface area contributed by atoms with Gasteiger partial charge in [0.15, 0.2) is 0 Å². The van der Waals surface area contributed by atoms with Gasteiger partial charge in [-0.2, -0.15) is 0 Å². The number of aliphatic hydroxyl groups is 1. The average molecular weight is 250 g/mol. The molecular formula is C14H22N2O2. The van der Waals surface area contributed by atoms with Crippen LogP contribution in [0.2, 0.25) is 0 Å². The van der Waals surface area contributed by atoms with E-state index in [0.29, 0.717) is 24.9 Å². The van der Waals surface area contributed by atoms with E-state index in [1.54, 1.807) is 13.0 Å². The molecule has 1 aromatic rings. The molecule has 4 N–H and O–H groups in total. The molecule has 0 aromatic heterocycles. The van der Waals surface area contributed by atoms with Gasteiger partial charge in [-0.1, -0.05) is 25.1 Å². The summed E-state index contributed by atoms with van der Waals surface area (Å²) < 4.78 is 0. The fourth-order valence-electron chi connectivity index (χ4n) is 1.61. The summed E-state index contributed by atoms with van der Waals surface area (Å²) in [6.45, 7) is 4.35. The molecule has 1 rings (SSSR count). The van der Waals surface area contributed by atoms with Crippen LogP contribution in [0.15, 0.2) is 24.3 Å². The smallest absolute Gasteiger partial charge is 0.251 e. The van der Waals surface area contributed by atoms with Gasteiger partial charge in [0.2, 0.25) is 0 Å². The van der Waals surface area contributed by atoms with Gasteiger partial charge in [0.05, 0.1) is 5.60 Å². The molecule has 0 spiro atoms. The van der Waals surface area contributed by atoms with E-state index < -0.39 is 5.60 Å². The van der Waals surface area contributed by atoms with Gasteiger partial charge in [-0.15, -0.1) is 0 Å². The maximum Gasteiger partial charge on any atom is 0.251 e. The Hall–Kier alpha value is -1.39. The first-order chi connectivity index (χ1) is 8.50. The number of carbonyl (C=O) groups excluding carboxylic acids is 1. The van der Waals surface area contributed by atoms with E-state index in [1.807, 2.05) is 25.1 Å². The Balaban J connectivity index is 2.72. The molecule has 0 saturated heterocycles. The predicted molar refractivity (Wildman–Crippen MR) is 72.4 cm³/mol. The van der Waals surface area contributed by atoms with Crippen LogP contribution in [-0.2, 0) is 6.42 Å². The first-order valence-corrected chi connectivity index (χ1v) is 6.28.